The van der Waals surface area contributed by atoms with Crippen LogP contribution in [0.4, 0.5) is 0 Å². The average Bonchev–Trinajstić information content (AvgIpc) is 2.43. The summed E-state index contributed by atoms with van der Waals surface area (Å²) in [5.41, 5.74) is 5.69. The lowest BCUT2D eigenvalue weighted by atomic mass is 9.88. The molecule has 3 nitrogen and oxygen atoms in total. The molecule has 1 aromatic heterocycles. The Morgan fingerprint density at radius 1 is 1.69 bits per heavy atom. The molecule has 0 unspecified atom stereocenters. The summed E-state index contributed by atoms with van der Waals surface area (Å²) in [6, 6.07) is 1.07. The van der Waals surface area contributed by atoms with Gasteiger partial charge in [0, 0.05) is 29.7 Å². The van der Waals surface area contributed by atoms with Crippen molar-refractivity contribution in [1.29, 1.82) is 0 Å². The molecule has 1 aliphatic rings. The summed E-state index contributed by atoms with van der Waals surface area (Å²) in [6.07, 6.45) is 4.20. The van der Waals surface area contributed by atoms with Crippen LogP contribution in [0.5, 0.6) is 0 Å². The molecule has 1 saturated carbocycles. The smallest absolute Gasteiger partial charge is 0.0897 e. The van der Waals surface area contributed by atoms with Crippen molar-refractivity contribution >= 4 is 11.3 Å². The van der Waals surface area contributed by atoms with Gasteiger partial charge in [0.05, 0.1) is 5.01 Å². The Balaban J connectivity index is 1.74. The van der Waals surface area contributed by atoms with Gasteiger partial charge < -0.3 is 11.1 Å². The van der Waals surface area contributed by atoms with Crippen molar-refractivity contribution in [2.45, 2.75) is 38.4 Å². The van der Waals surface area contributed by atoms with Gasteiger partial charge >= 0.3 is 0 Å². The molecule has 1 aromatic rings. The molecule has 0 aromatic carbocycles. The van der Waals surface area contributed by atoms with Crippen LogP contribution in [0.25, 0.3) is 0 Å². The maximum atomic E-state index is 5.69. The van der Waals surface area contributed by atoms with Gasteiger partial charge in [-0.15, -0.1) is 11.3 Å². The second-order valence-corrected chi connectivity index (χ2v) is 4.97. The highest BCUT2D eigenvalue weighted by atomic mass is 32.1. The summed E-state index contributed by atoms with van der Waals surface area (Å²) < 4.78 is 0. The summed E-state index contributed by atoms with van der Waals surface area (Å²) in [6.45, 7) is 2.98. The minimum atomic E-state index is 0.431. The van der Waals surface area contributed by atoms with Gasteiger partial charge in [0.1, 0.15) is 0 Å². The molecule has 1 aliphatic carbocycles. The number of nitrogens with one attached hydrogen (secondary N) is 1. The van der Waals surface area contributed by atoms with Crippen molar-refractivity contribution in [1.82, 2.24) is 10.3 Å². The van der Waals surface area contributed by atoms with E-state index < -0.39 is 0 Å². The number of rotatable bonds is 3. The molecule has 2 rings (SSSR count). The topological polar surface area (TPSA) is 50.9 Å². The molecule has 72 valence electrons. The van der Waals surface area contributed by atoms with Crippen LogP contribution in [0.2, 0.25) is 0 Å². The Kier molecular flexibility index (Phi) is 2.62. The molecular formula is C9H15N3S. The highest BCUT2D eigenvalue weighted by molar-refractivity contribution is 7.11. The maximum Gasteiger partial charge on any atom is 0.0897 e. The lowest BCUT2D eigenvalue weighted by Gasteiger charge is -2.33. The van der Waals surface area contributed by atoms with Crippen molar-refractivity contribution in [2.75, 3.05) is 0 Å². The molecule has 0 spiro atoms. The third-order valence-electron chi connectivity index (χ3n) is 2.41. The molecule has 3 N–H and O–H groups in total. The van der Waals surface area contributed by atoms with Crippen molar-refractivity contribution < 1.29 is 0 Å². The Bertz CT molecular complexity index is 278. The van der Waals surface area contributed by atoms with Crippen LogP contribution in [0.1, 0.15) is 22.7 Å². The largest absolute Gasteiger partial charge is 0.328 e. The SMILES string of the molecule is Cc1ncc(CNC2CC(N)C2)s1. The van der Waals surface area contributed by atoms with Gasteiger partial charge in [-0.1, -0.05) is 0 Å². The van der Waals surface area contributed by atoms with E-state index in [2.05, 4.69) is 10.3 Å². The molecule has 1 fully saturated rings. The fraction of sp³-hybridized carbons (Fsp3) is 0.667. The number of nitrogens with zero attached hydrogens (tertiary/aromatic N) is 1. The zero-order valence-electron chi connectivity index (χ0n) is 7.79. The predicted octanol–water partition coefficient (Wildman–Crippen LogP) is 1.03. The third kappa shape index (κ3) is 2.27. The van der Waals surface area contributed by atoms with E-state index >= 15 is 0 Å². The fourth-order valence-corrected chi connectivity index (χ4v) is 2.31. The molecule has 13 heavy (non-hydrogen) atoms. The van der Waals surface area contributed by atoms with Crippen LogP contribution < -0.4 is 11.1 Å². The molecule has 0 atom stereocenters. The Morgan fingerprint density at radius 3 is 3.00 bits per heavy atom. The standard InChI is InChI=1S/C9H15N3S/c1-6-11-4-9(13-6)5-12-8-2-7(10)3-8/h4,7-8,12H,2-3,5,10H2,1H3. The van der Waals surface area contributed by atoms with Crippen molar-refractivity contribution in [3.63, 3.8) is 0 Å². The van der Waals surface area contributed by atoms with Gasteiger partial charge in [-0.25, -0.2) is 4.98 Å². The van der Waals surface area contributed by atoms with Crippen LogP contribution in [0.3, 0.4) is 0 Å². The first-order valence-electron chi connectivity index (χ1n) is 4.64. The summed E-state index contributed by atoms with van der Waals surface area (Å²) in [5.74, 6) is 0. The van der Waals surface area contributed by atoms with Gasteiger partial charge in [0.15, 0.2) is 0 Å². The van der Waals surface area contributed by atoms with E-state index in [9.17, 15) is 0 Å². The number of thiazole rings is 1. The molecule has 1 heterocycles. The van der Waals surface area contributed by atoms with Gasteiger partial charge in [-0.2, -0.15) is 0 Å². The minimum Gasteiger partial charge on any atom is -0.328 e. The van der Waals surface area contributed by atoms with Crippen molar-refractivity contribution in [2.24, 2.45) is 5.73 Å². The summed E-state index contributed by atoms with van der Waals surface area (Å²) >= 11 is 1.76. The number of hydrogen-bond donors (Lipinski definition) is 2. The van der Waals surface area contributed by atoms with E-state index in [0.29, 0.717) is 12.1 Å². The van der Waals surface area contributed by atoms with Crippen LogP contribution in [-0.2, 0) is 6.54 Å². The van der Waals surface area contributed by atoms with Crippen molar-refractivity contribution in [3.8, 4) is 0 Å². The van der Waals surface area contributed by atoms with E-state index in [1.807, 2.05) is 13.1 Å². The number of aryl methyl sites for hydroxylation is 1. The quantitative estimate of drug-likeness (QED) is 0.761. The molecule has 0 radical (unpaired) electrons. The summed E-state index contributed by atoms with van der Waals surface area (Å²) in [4.78, 5) is 5.52. The second kappa shape index (κ2) is 3.74. The predicted molar refractivity (Wildman–Crippen MR) is 54.7 cm³/mol. The summed E-state index contributed by atoms with van der Waals surface area (Å²) in [7, 11) is 0. The third-order valence-corrected chi connectivity index (χ3v) is 3.32. The van der Waals surface area contributed by atoms with E-state index in [-0.39, 0.29) is 0 Å². The highest BCUT2D eigenvalue weighted by Gasteiger charge is 2.24. The van der Waals surface area contributed by atoms with E-state index in [0.717, 1.165) is 24.4 Å². The van der Waals surface area contributed by atoms with E-state index in [1.54, 1.807) is 11.3 Å². The molecule has 4 heteroatoms. The molecule has 0 saturated heterocycles. The first-order chi connectivity index (χ1) is 6.24. The van der Waals surface area contributed by atoms with Crippen LogP contribution >= 0.6 is 11.3 Å². The van der Waals surface area contributed by atoms with Crippen LogP contribution in [0.15, 0.2) is 6.20 Å². The monoisotopic (exact) mass is 197 g/mol. The number of hydrogen-bond acceptors (Lipinski definition) is 4. The molecule has 0 bridgehead atoms. The lowest BCUT2D eigenvalue weighted by molar-refractivity contribution is 0.291. The highest BCUT2D eigenvalue weighted by Crippen LogP contribution is 2.19. The Hall–Kier alpha value is -0.450. The van der Waals surface area contributed by atoms with Crippen molar-refractivity contribution in [3.05, 3.63) is 16.1 Å². The minimum absolute atomic E-state index is 0.431. The van der Waals surface area contributed by atoms with Gasteiger partial charge in [-0.3, -0.25) is 0 Å². The molecule has 0 amide bonds. The van der Waals surface area contributed by atoms with E-state index in [1.165, 1.54) is 4.88 Å². The summed E-state index contributed by atoms with van der Waals surface area (Å²) in [5, 5.41) is 4.61. The lowest BCUT2D eigenvalue weighted by Crippen LogP contribution is -2.47. The average molecular weight is 197 g/mol. The Labute approximate surface area is 82.4 Å². The second-order valence-electron chi connectivity index (χ2n) is 3.65. The first-order valence-corrected chi connectivity index (χ1v) is 5.46. The van der Waals surface area contributed by atoms with Gasteiger partial charge in [0.2, 0.25) is 0 Å². The number of aromatic nitrogens is 1. The zero-order chi connectivity index (χ0) is 9.26. The molecular weight excluding hydrogens is 182 g/mol. The van der Waals surface area contributed by atoms with Crippen LogP contribution in [-0.4, -0.2) is 17.1 Å². The van der Waals surface area contributed by atoms with Gasteiger partial charge in [0.25, 0.3) is 0 Å². The first kappa shape index (κ1) is 9.12. The number of nitrogens with two attached hydrogens (primary N) is 1. The Morgan fingerprint density at radius 2 is 2.46 bits per heavy atom. The zero-order valence-corrected chi connectivity index (χ0v) is 8.60. The fourth-order valence-electron chi connectivity index (χ4n) is 1.56. The van der Waals surface area contributed by atoms with E-state index in [4.69, 9.17) is 5.73 Å². The van der Waals surface area contributed by atoms with Gasteiger partial charge in [-0.05, 0) is 19.8 Å². The maximum absolute atomic E-state index is 5.69. The molecule has 0 aliphatic heterocycles. The normalized spacial score (nSPS) is 27.2. The van der Waals surface area contributed by atoms with Crippen LogP contribution in [0, 0.1) is 6.92 Å².